The summed E-state index contributed by atoms with van der Waals surface area (Å²) in [5.74, 6) is 3.06. The molecule has 20 heavy (non-hydrogen) atoms. The van der Waals surface area contributed by atoms with Crippen LogP contribution < -0.4 is 4.48 Å². The van der Waals surface area contributed by atoms with Gasteiger partial charge in [0.25, 0.3) is 6.85 Å². The lowest BCUT2D eigenvalue weighted by molar-refractivity contribution is 0.442. The van der Waals surface area contributed by atoms with Gasteiger partial charge in [0.1, 0.15) is 14.1 Å². The van der Waals surface area contributed by atoms with Crippen LogP contribution in [0.25, 0.3) is 0 Å². The van der Waals surface area contributed by atoms with Gasteiger partial charge in [0.15, 0.2) is 0 Å². The Morgan fingerprint density at radius 3 is 2.10 bits per heavy atom. The van der Waals surface area contributed by atoms with Crippen molar-refractivity contribution in [3.63, 3.8) is 0 Å². The van der Waals surface area contributed by atoms with Gasteiger partial charge in [-0.15, -0.1) is 0 Å². The third kappa shape index (κ3) is 2.67. The van der Waals surface area contributed by atoms with E-state index in [0.29, 0.717) is 0 Å². The summed E-state index contributed by atoms with van der Waals surface area (Å²) >= 11 is 0. The molecule has 0 aliphatic carbocycles. The maximum Gasteiger partial charge on any atom is 0.253 e. The molecule has 108 valence electrons. The smallest absolute Gasteiger partial charge is 0.253 e. The number of aromatic nitrogens is 1. The quantitative estimate of drug-likeness (QED) is 0.740. The van der Waals surface area contributed by atoms with Gasteiger partial charge in [-0.1, -0.05) is 64.2 Å². The normalized spacial score (nSPS) is 26.4. The molecule has 0 radical (unpaired) electrons. The van der Waals surface area contributed by atoms with Crippen molar-refractivity contribution in [2.45, 2.75) is 69.8 Å². The average Bonchev–Trinajstić information content (AvgIpc) is 2.38. The number of fused-ring (bicyclic) bond motifs is 2. The highest BCUT2D eigenvalue weighted by atomic mass is 28.3. The van der Waals surface area contributed by atoms with Crippen LogP contribution in [0, 0.1) is 0 Å². The summed E-state index contributed by atoms with van der Waals surface area (Å²) in [6.07, 6.45) is 10.6. The van der Waals surface area contributed by atoms with Gasteiger partial charge in [-0.2, -0.15) is 0 Å². The second kappa shape index (κ2) is 5.55. The highest BCUT2D eigenvalue weighted by Gasteiger charge is 2.47. The summed E-state index contributed by atoms with van der Waals surface area (Å²) in [6.45, 7) is 8.20. The first-order valence-electron chi connectivity index (χ1n) is 8.28. The van der Waals surface area contributed by atoms with Crippen LogP contribution in [0.2, 0.25) is 31.3 Å². The summed E-state index contributed by atoms with van der Waals surface area (Å²) in [5.41, 5.74) is 0. The summed E-state index contributed by atoms with van der Waals surface area (Å²) in [7, 11) is -1.41. The Bertz CT molecular complexity index is 424. The van der Waals surface area contributed by atoms with Crippen molar-refractivity contribution < 1.29 is 0 Å². The zero-order valence-corrected chi connectivity index (χ0v) is 14.2. The van der Waals surface area contributed by atoms with Crippen molar-refractivity contribution >= 4 is 20.9 Å². The second-order valence-corrected chi connectivity index (χ2v) is 12.4. The lowest BCUT2D eigenvalue weighted by Crippen LogP contribution is -2.60. The minimum atomic E-state index is -1.41. The van der Waals surface area contributed by atoms with Crippen LogP contribution in [0.5, 0.6) is 0 Å². The number of rotatable bonds is 3. The molecule has 1 aromatic heterocycles. The van der Waals surface area contributed by atoms with Crippen LogP contribution in [0.15, 0.2) is 24.4 Å². The monoisotopic (exact) mass is 286 g/mol. The molecule has 1 aromatic rings. The van der Waals surface area contributed by atoms with Gasteiger partial charge < -0.3 is 4.48 Å². The fourth-order valence-electron chi connectivity index (χ4n) is 4.50. The Kier molecular flexibility index (Phi) is 3.94. The third-order valence-corrected chi connectivity index (χ3v) is 7.16. The maximum absolute atomic E-state index is 4.71. The van der Waals surface area contributed by atoms with Crippen LogP contribution in [-0.4, -0.2) is 20.1 Å². The molecule has 2 bridgehead atoms. The van der Waals surface area contributed by atoms with Crippen molar-refractivity contribution in [3.8, 4) is 0 Å². The predicted molar refractivity (Wildman–Crippen MR) is 91.0 cm³/mol. The first-order valence-corrected chi connectivity index (χ1v) is 11.7. The van der Waals surface area contributed by atoms with E-state index in [1.807, 2.05) is 12.3 Å². The molecule has 2 aliphatic rings. The van der Waals surface area contributed by atoms with E-state index in [1.54, 1.807) is 0 Å². The van der Waals surface area contributed by atoms with Gasteiger partial charge in [-0.25, -0.2) is 4.98 Å². The van der Waals surface area contributed by atoms with E-state index in [2.05, 4.69) is 36.3 Å². The number of pyridine rings is 1. The van der Waals surface area contributed by atoms with Crippen molar-refractivity contribution in [2.75, 3.05) is 4.48 Å². The van der Waals surface area contributed by atoms with Crippen molar-refractivity contribution in [2.24, 2.45) is 0 Å². The molecule has 0 amide bonds. The number of hydrogen-bond donors (Lipinski definition) is 0. The molecule has 0 unspecified atom stereocenters. The van der Waals surface area contributed by atoms with Gasteiger partial charge in [-0.3, -0.25) is 0 Å². The van der Waals surface area contributed by atoms with Gasteiger partial charge in [-0.05, 0) is 23.8 Å². The van der Waals surface area contributed by atoms with E-state index < -0.39 is 8.24 Å². The zero-order valence-electron chi connectivity index (χ0n) is 13.2. The standard InChI is InChI=1S/C16H27BN2Si/c1-20(2,3)19(16-12-4-5-13-18-16)17-14-8-6-9-15(17)11-7-10-14/h4-5,12-15H,6-11H2,1-3H3. The maximum atomic E-state index is 4.71. The van der Waals surface area contributed by atoms with E-state index in [0.717, 1.165) is 18.5 Å². The van der Waals surface area contributed by atoms with Crippen LogP contribution in [-0.2, 0) is 0 Å². The highest BCUT2D eigenvalue weighted by Crippen LogP contribution is 2.49. The van der Waals surface area contributed by atoms with Gasteiger partial charge in [0.05, 0.1) is 0 Å². The molecule has 0 saturated carbocycles. The van der Waals surface area contributed by atoms with Crippen LogP contribution in [0.3, 0.4) is 0 Å². The Morgan fingerprint density at radius 2 is 1.65 bits per heavy atom. The largest absolute Gasteiger partial charge is 0.427 e. The van der Waals surface area contributed by atoms with E-state index >= 15 is 0 Å². The zero-order chi connectivity index (χ0) is 14.2. The third-order valence-electron chi connectivity index (χ3n) is 5.18. The summed E-state index contributed by atoms with van der Waals surface area (Å²) in [6, 6.07) is 6.41. The molecule has 3 heterocycles. The molecule has 2 saturated heterocycles. The molecule has 0 N–H and O–H groups in total. The molecule has 2 nitrogen and oxygen atoms in total. The fraction of sp³-hybridized carbons (Fsp3) is 0.688. The minimum absolute atomic E-state index is 0.763. The molecule has 0 atom stereocenters. The van der Waals surface area contributed by atoms with Crippen molar-refractivity contribution in [3.05, 3.63) is 24.4 Å². The molecular formula is C16H27BN2Si. The molecule has 2 fully saturated rings. The predicted octanol–water partition coefficient (Wildman–Crippen LogP) is 4.82. The van der Waals surface area contributed by atoms with E-state index in [1.165, 1.54) is 44.3 Å². The number of nitrogens with zero attached hydrogens (tertiary/aromatic N) is 2. The topological polar surface area (TPSA) is 16.1 Å². The molecule has 4 heteroatoms. The first kappa shape index (κ1) is 14.2. The summed E-state index contributed by atoms with van der Waals surface area (Å²) < 4.78 is 2.78. The van der Waals surface area contributed by atoms with Crippen molar-refractivity contribution in [1.29, 1.82) is 0 Å². The van der Waals surface area contributed by atoms with E-state index in [4.69, 9.17) is 4.98 Å². The Balaban J connectivity index is 1.97. The SMILES string of the molecule is C[Si](C)(C)N(B1C2CCCC1CCC2)c1ccccn1. The van der Waals surface area contributed by atoms with Gasteiger partial charge >= 0.3 is 0 Å². The van der Waals surface area contributed by atoms with E-state index in [-0.39, 0.29) is 0 Å². The molecule has 0 aromatic carbocycles. The average molecular weight is 286 g/mol. The first-order chi connectivity index (χ1) is 9.57. The number of anilines is 1. The minimum Gasteiger partial charge on any atom is -0.427 e. The van der Waals surface area contributed by atoms with Crippen molar-refractivity contribution in [1.82, 2.24) is 4.98 Å². The summed E-state index contributed by atoms with van der Waals surface area (Å²) in [5, 5.41) is 0. The lowest BCUT2D eigenvalue weighted by Gasteiger charge is -2.51. The molecule has 2 aliphatic heterocycles. The number of hydrogen-bond acceptors (Lipinski definition) is 2. The van der Waals surface area contributed by atoms with Gasteiger partial charge in [0.2, 0.25) is 0 Å². The van der Waals surface area contributed by atoms with Gasteiger partial charge in [0, 0.05) is 6.20 Å². The molecule has 0 spiro atoms. The van der Waals surface area contributed by atoms with Crippen LogP contribution in [0.1, 0.15) is 38.5 Å². The fourth-order valence-corrected chi connectivity index (χ4v) is 6.64. The molecular weight excluding hydrogens is 259 g/mol. The van der Waals surface area contributed by atoms with E-state index in [9.17, 15) is 0 Å². The Hall–Kier alpha value is -0.768. The molecule has 3 rings (SSSR count). The second-order valence-electron chi connectivity index (χ2n) is 7.60. The van der Waals surface area contributed by atoms with Crippen LogP contribution in [0.4, 0.5) is 5.82 Å². The summed E-state index contributed by atoms with van der Waals surface area (Å²) in [4.78, 5) is 4.71. The highest BCUT2D eigenvalue weighted by molar-refractivity contribution is 6.93. The lowest BCUT2D eigenvalue weighted by atomic mass is 9.34. The Morgan fingerprint density at radius 1 is 1.05 bits per heavy atom. The Labute approximate surface area is 125 Å². The van der Waals surface area contributed by atoms with Crippen LogP contribution >= 0.6 is 0 Å².